The molecule has 52 heavy (non-hydrogen) atoms. The fraction of sp³-hybridized carbons (Fsp3) is 0.925. The molecule has 13 atom stereocenters. The topological polar surface area (TPSA) is 184 Å². The lowest BCUT2D eigenvalue weighted by atomic mass is 9.41. The number of esters is 1. The second-order valence-corrected chi connectivity index (χ2v) is 20.2. The van der Waals surface area contributed by atoms with Crippen LogP contribution in [0.25, 0.3) is 0 Å². The summed E-state index contributed by atoms with van der Waals surface area (Å²) in [6.45, 7) is 17.9. The van der Waals surface area contributed by atoms with Gasteiger partial charge in [0.2, 0.25) is 0 Å². The quantitative estimate of drug-likeness (QED) is 0.130. The molecule has 5 saturated carbocycles. The Balaban J connectivity index is 1.26. The Labute approximate surface area is 309 Å². The summed E-state index contributed by atoms with van der Waals surface area (Å²) in [6, 6.07) is -1.14. The standard InChI is InChI=1S/C40H66N2O10/c1-34(2,3)52-33(48)41-18-10-11-22(42-32(46)47)31(45)51-25-20-38(9)26-19-23(43)30-35(4,5)27(44)14-15-40(30)21-39(26,40)17-16-37(38,8)29(25)24-12-13-28(50-24)36(6,7)49/h22-30,42-44,49H,10-21H2,1-9H3,(H,41,48)(H,46,47)/t22-,23-,24?,25-,26?,27-,28-,29-,30-,37+,38-,39?,40+/m0/s1. The maximum Gasteiger partial charge on any atom is 0.407 e. The third-order valence-corrected chi connectivity index (χ3v) is 15.5. The lowest BCUT2D eigenvalue weighted by Gasteiger charge is -2.64. The molecule has 0 aromatic rings. The highest BCUT2D eigenvalue weighted by atomic mass is 16.6. The smallest absolute Gasteiger partial charge is 0.407 e. The molecule has 0 aromatic heterocycles. The number of rotatable bonds is 9. The summed E-state index contributed by atoms with van der Waals surface area (Å²) >= 11 is 0. The first-order chi connectivity index (χ1) is 23.9. The Morgan fingerprint density at radius 1 is 0.942 bits per heavy atom. The van der Waals surface area contributed by atoms with E-state index in [4.69, 9.17) is 14.2 Å². The largest absolute Gasteiger partial charge is 0.465 e. The molecule has 0 bridgehead atoms. The van der Waals surface area contributed by atoms with E-state index in [2.05, 4.69) is 38.3 Å². The Morgan fingerprint density at radius 3 is 2.25 bits per heavy atom. The number of fused-ring (bicyclic) bond motifs is 2. The Morgan fingerprint density at radius 2 is 1.63 bits per heavy atom. The average Bonchev–Trinajstić information content (AvgIpc) is 3.25. The van der Waals surface area contributed by atoms with Crippen LogP contribution in [0.15, 0.2) is 0 Å². The van der Waals surface area contributed by atoms with Crippen LogP contribution >= 0.6 is 0 Å². The number of carbonyl (C=O) groups excluding carboxylic acids is 2. The van der Waals surface area contributed by atoms with Gasteiger partial charge in [0.15, 0.2) is 0 Å². The monoisotopic (exact) mass is 734 g/mol. The molecule has 6 N–H and O–H groups in total. The third kappa shape index (κ3) is 6.33. The molecule has 3 unspecified atom stereocenters. The van der Waals surface area contributed by atoms with Crippen LogP contribution in [0.3, 0.4) is 0 Å². The second-order valence-electron chi connectivity index (χ2n) is 20.2. The average molecular weight is 735 g/mol. The molecule has 1 heterocycles. The molecule has 12 nitrogen and oxygen atoms in total. The molecule has 12 heteroatoms. The van der Waals surface area contributed by atoms with Crippen molar-refractivity contribution in [3.05, 3.63) is 0 Å². The van der Waals surface area contributed by atoms with E-state index >= 15 is 0 Å². The number of hydrogen-bond acceptors (Lipinski definition) is 9. The summed E-state index contributed by atoms with van der Waals surface area (Å²) < 4.78 is 18.4. The van der Waals surface area contributed by atoms with Gasteiger partial charge in [-0.15, -0.1) is 0 Å². The second kappa shape index (κ2) is 13.0. The minimum absolute atomic E-state index is 0.0215. The number of carbonyl (C=O) groups is 3. The molecule has 6 rings (SSSR count). The van der Waals surface area contributed by atoms with Crippen molar-refractivity contribution < 1.29 is 49.0 Å². The molecule has 2 amide bonds. The summed E-state index contributed by atoms with van der Waals surface area (Å²) in [7, 11) is 0. The van der Waals surface area contributed by atoms with Crippen molar-refractivity contribution in [2.45, 2.75) is 181 Å². The van der Waals surface area contributed by atoms with Crippen LogP contribution in [-0.2, 0) is 19.0 Å². The van der Waals surface area contributed by atoms with Gasteiger partial charge in [0.25, 0.3) is 0 Å². The van der Waals surface area contributed by atoms with Crippen LogP contribution in [0.4, 0.5) is 9.59 Å². The number of aliphatic hydroxyl groups excluding tert-OH is 2. The van der Waals surface area contributed by atoms with Gasteiger partial charge < -0.3 is 45.3 Å². The zero-order valence-corrected chi connectivity index (χ0v) is 32.9. The summed E-state index contributed by atoms with van der Waals surface area (Å²) in [6.07, 6.45) is 3.54. The lowest BCUT2D eigenvalue weighted by molar-refractivity contribution is -0.203. The molecular formula is C40H66N2O10. The molecule has 0 radical (unpaired) electrons. The van der Waals surface area contributed by atoms with Crippen molar-refractivity contribution in [1.29, 1.82) is 0 Å². The van der Waals surface area contributed by atoms with E-state index in [1.54, 1.807) is 34.6 Å². The van der Waals surface area contributed by atoms with Crippen molar-refractivity contribution >= 4 is 18.2 Å². The van der Waals surface area contributed by atoms with Gasteiger partial charge >= 0.3 is 18.2 Å². The van der Waals surface area contributed by atoms with Gasteiger partial charge in [-0.05, 0) is 144 Å². The van der Waals surface area contributed by atoms with E-state index in [0.29, 0.717) is 32.1 Å². The van der Waals surface area contributed by atoms with Gasteiger partial charge in [0.1, 0.15) is 17.7 Å². The van der Waals surface area contributed by atoms with Gasteiger partial charge in [-0.2, -0.15) is 0 Å². The number of nitrogens with one attached hydrogen (secondary N) is 2. The fourth-order valence-corrected chi connectivity index (χ4v) is 13.1. The summed E-state index contributed by atoms with van der Waals surface area (Å²) in [5, 5.41) is 48.8. The van der Waals surface area contributed by atoms with Crippen LogP contribution in [0.2, 0.25) is 0 Å². The van der Waals surface area contributed by atoms with Gasteiger partial charge in [-0.1, -0.05) is 27.7 Å². The Kier molecular flexibility index (Phi) is 9.87. The number of carboxylic acid groups (broad SMARTS) is 1. The predicted molar refractivity (Wildman–Crippen MR) is 192 cm³/mol. The van der Waals surface area contributed by atoms with E-state index in [9.17, 15) is 34.8 Å². The summed E-state index contributed by atoms with van der Waals surface area (Å²) in [5.74, 6) is -0.640. The van der Waals surface area contributed by atoms with E-state index in [0.717, 1.165) is 32.1 Å². The molecule has 0 aromatic carbocycles. The Hall–Kier alpha value is -2.15. The lowest BCUT2D eigenvalue weighted by Crippen LogP contribution is -2.61. The molecule has 1 aliphatic heterocycles. The van der Waals surface area contributed by atoms with Crippen molar-refractivity contribution in [3.8, 4) is 0 Å². The first kappa shape index (κ1) is 39.5. The molecular weight excluding hydrogens is 668 g/mol. The maximum atomic E-state index is 14.0. The van der Waals surface area contributed by atoms with Gasteiger partial charge in [0, 0.05) is 12.5 Å². The normalized spacial score (nSPS) is 43.9. The van der Waals surface area contributed by atoms with Crippen molar-refractivity contribution in [3.63, 3.8) is 0 Å². The molecule has 6 fully saturated rings. The van der Waals surface area contributed by atoms with Gasteiger partial charge in [-0.3, -0.25) is 0 Å². The molecule has 2 spiro atoms. The fourth-order valence-electron chi connectivity index (χ4n) is 13.1. The zero-order valence-electron chi connectivity index (χ0n) is 32.9. The molecule has 5 aliphatic carbocycles. The SMILES string of the molecule is CC(C)(C)OC(=O)NCCC[C@H](NC(=O)O)C(=O)O[C@H]1C[C@@]2(C)C3C[C@H](O)[C@H]4C(C)(C)[C@@H](O)CC[C@@]45CC35CC[C@]2(C)[C@H]1C1CC[C@@H](C(C)(C)O)O1. The number of alkyl carbamates (subject to hydrolysis) is 1. The van der Waals surface area contributed by atoms with Gasteiger partial charge in [-0.25, -0.2) is 14.4 Å². The van der Waals surface area contributed by atoms with Crippen LogP contribution < -0.4 is 10.6 Å². The molecule has 296 valence electrons. The van der Waals surface area contributed by atoms with E-state index in [1.165, 1.54) is 0 Å². The first-order valence-corrected chi connectivity index (χ1v) is 19.8. The van der Waals surface area contributed by atoms with Crippen molar-refractivity contribution in [2.24, 2.45) is 44.8 Å². The Bertz CT molecular complexity index is 1410. The van der Waals surface area contributed by atoms with E-state index in [-0.39, 0.29) is 70.0 Å². The highest BCUT2D eigenvalue weighted by Gasteiger charge is 2.84. The zero-order chi connectivity index (χ0) is 38.4. The van der Waals surface area contributed by atoms with Crippen LogP contribution in [0.5, 0.6) is 0 Å². The number of amides is 2. The highest BCUT2D eigenvalue weighted by Crippen LogP contribution is 2.89. The third-order valence-electron chi connectivity index (χ3n) is 15.5. The number of hydrogen-bond donors (Lipinski definition) is 6. The predicted octanol–water partition coefficient (Wildman–Crippen LogP) is 5.54. The minimum atomic E-state index is -1.34. The highest BCUT2D eigenvalue weighted by molar-refractivity contribution is 5.81. The summed E-state index contributed by atoms with van der Waals surface area (Å²) in [5.41, 5.74) is -2.70. The van der Waals surface area contributed by atoms with E-state index < -0.39 is 53.7 Å². The van der Waals surface area contributed by atoms with Crippen molar-refractivity contribution in [1.82, 2.24) is 10.6 Å². The van der Waals surface area contributed by atoms with Crippen LogP contribution in [0.1, 0.15) is 133 Å². The minimum Gasteiger partial charge on any atom is -0.465 e. The van der Waals surface area contributed by atoms with E-state index in [1.807, 2.05) is 0 Å². The van der Waals surface area contributed by atoms with Crippen LogP contribution in [-0.4, -0.2) is 92.9 Å². The number of aliphatic hydroxyl groups is 3. The number of ether oxygens (including phenoxy) is 3. The first-order valence-electron chi connectivity index (χ1n) is 19.8. The molecule has 1 saturated heterocycles. The summed E-state index contributed by atoms with van der Waals surface area (Å²) in [4.78, 5) is 38.1. The van der Waals surface area contributed by atoms with Crippen LogP contribution in [0, 0.1) is 44.8 Å². The maximum absolute atomic E-state index is 14.0. The molecule has 6 aliphatic rings. The van der Waals surface area contributed by atoms with Gasteiger partial charge in [0.05, 0.1) is 30.0 Å². The van der Waals surface area contributed by atoms with Crippen molar-refractivity contribution in [2.75, 3.05) is 6.54 Å².